The lowest BCUT2D eigenvalue weighted by Gasteiger charge is -2.13. The van der Waals surface area contributed by atoms with Gasteiger partial charge in [0.15, 0.2) is 11.6 Å². The number of benzene rings is 2. The summed E-state index contributed by atoms with van der Waals surface area (Å²) >= 11 is 0. The van der Waals surface area contributed by atoms with E-state index in [1.54, 1.807) is 18.4 Å². The molecule has 5 nitrogen and oxygen atoms in total. The molecule has 0 unspecified atom stereocenters. The fourth-order valence-corrected chi connectivity index (χ4v) is 4.45. The van der Waals surface area contributed by atoms with Crippen molar-refractivity contribution in [2.75, 3.05) is 19.5 Å². The van der Waals surface area contributed by atoms with Crippen molar-refractivity contribution < 1.29 is 18.1 Å². The Morgan fingerprint density at radius 1 is 1.06 bits per heavy atom. The van der Waals surface area contributed by atoms with Crippen LogP contribution in [0.4, 0.5) is 4.39 Å². The highest BCUT2D eigenvalue weighted by molar-refractivity contribution is 8.13. The summed E-state index contributed by atoms with van der Waals surface area (Å²) in [4.78, 5) is 4.29. The van der Waals surface area contributed by atoms with Gasteiger partial charge in [0.1, 0.15) is 5.75 Å². The minimum Gasteiger partial charge on any atom is -0.494 e. The van der Waals surface area contributed by atoms with Crippen LogP contribution in [0.15, 0.2) is 54.7 Å². The largest absolute Gasteiger partial charge is 0.494 e. The van der Waals surface area contributed by atoms with Gasteiger partial charge in [-0.25, -0.2) is 4.39 Å². The summed E-state index contributed by atoms with van der Waals surface area (Å²) in [5, 5.41) is 7.28. The molecule has 0 radical (unpaired) electrons. The summed E-state index contributed by atoms with van der Waals surface area (Å²) in [7, 11) is -2.58. The second-order valence-electron chi connectivity index (χ2n) is 8.30. The molecule has 0 aliphatic carbocycles. The van der Waals surface area contributed by atoms with Crippen LogP contribution < -0.4 is 9.47 Å². The first kappa shape index (κ1) is 24.6. The fraction of sp³-hybridized carbons (Fsp3) is 0.308. The fourth-order valence-electron chi connectivity index (χ4n) is 3.44. The molecule has 0 bridgehead atoms. The van der Waals surface area contributed by atoms with Crippen LogP contribution >= 0.6 is 0 Å². The number of pyridine rings is 1. The average molecular weight is 471 g/mol. The molecule has 0 saturated carbocycles. The van der Waals surface area contributed by atoms with E-state index in [9.17, 15) is 8.60 Å². The van der Waals surface area contributed by atoms with Crippen LogP contribution in [0.2, 0.25) is 0 Å². The van der Waals surface area contributed by atoms with Crippen LogP contribution in [0.5, 0.6) is 11.5 Å². The normalized spacial score (nSPS) is 11.8. The van der Waals surface area contributed by atoms with Gasteiger partial charge in [-0.15, -0.1) is 0 Å². The second kappa shape index (κ2) is 11.2. The molecule has 3 rings (SSSR count). The number of rotatable bonds is 11. The Bertz CT molecular complexity index is 1170. The molecule has 3 aromatic rings. The van der Waals surface area contributed by atoms with E-state index in [0.29, 0.717) is 31.1 Å². The summed E-state index contributed by atoms with van der Waals surface area (Å²) in [6.07, 6.45) is 4.89. The monoisotopic (exact) mass is 470 g/mol. The van der Waals surface area contributed by atoms with Crippen LogP contribution in [0, 0.1) is 25.1 Å². The standard InChI is InChI=1S/C26H31FN2O3S/c1-19-16-29-20(2)13-24(19)22-9-10-25(27)26(15-22)32-12-5-4-11-31-23-8-6-7-21(14-23)17-33(3,30)18-28/h6-10,13-16,18,28,33H,4-5,11-12,17H2,1-3H3. The number of thiol groups is 1. The molecular weight excluding hydrogens is 439 g/mol. The topological polar surface area (TPSA) is 72.3 Å². The quantitative estimate of drug-likeness (QED) is 0.168. The summed E-state index contributed by atoms with van der Waals surface area (Å²) in [6, 6.07) is 14.4. The van der Waals surface area contributed by atoms with Crippen LogP contribution in [0.1, 0.15) is 29.7 Å². The third-order valence-electron chi connectivity index (χ3n) is 5.22. The van der Waals surface area contributed by atoms with Gasteiger partial charge in [0.25, 0.3) is 0 Å². The Morgan fingerprint density at radius 3 is 2.58 bits per heavy atom. The van der Waals surface area contributed by atoms with Crippen molar-refractivity contribution in [1.29, 1.82) is 5.41 Å². The summed E-state index contributed by atoms with van der Waals surface area (Å²) in [5.74, 6) is 0.920. The Morgan fingerprint density at radius 2 is 1.82 bits per heavy atom. The van der Waals surface area contributed by atoms with E-state index >= 15 is 0 Å². The first-order chi connectivity index (χ1) is 15.8. The predicted molar refractivity (Wildman–Crippen MR) is 134 cm³/mol. The third-order valence-corrected chi connectivity index (χ3v) is 6.75. The number of hydrogen-bond donors (Lipinski definition) is 2. The molecule has 0 saturated heterocycles. The molecule has 1 heterocycles. The molecule has 0 fully saturated rings. The molecule has 176 valence electrons. The summed E-state index contributed by atoms with van der Waals surface area (Å²) < 4.78 is 37.9. The SMILES string of the molecule is Cc1cc(-c2ccc(F)c(OCCCCOc3cccc(C[SH](C)(=O)C=N)c3)c2)c(C)cn1. The van der Waals surface area contributed by atoms with Gasteiger partial charge >= 0.3 is 0 Å². The maximum atomic E-state index is 14.2. The minimum atomic E-state index is -2.58. The Hall–Kier alpha value is -3.06. The van der Waals surface area contributed by atoms with Gasteiger partial charge in [0, 0.05) is 17.6 Å². The van der Waals surface area contributed by atoms with Crippen molar-refractivity contribution >= 4 is 15.5 Å². The molecule has 0 aliphatic heterocycles. The highest BCUT2D eigenvalue weighted by atomic mass is 32.2. The molecule has 0 aliphatic rings. The zero-order valence-corrected chi connectivity index (χ0v) is 20.2. The third kappa shape index (κ3) is 7.22. The molecule has 0 amide bonds. The van der Waals surface area contributed by atoms with Gasteiger partial charge in [-0.1, -0.05) is 28.1 Å². The number of ether oxygens (including phenoxy) is 2. The molecular formula is C26H31FN2O3S. The van der Waals surface area contributed by atoms with Crippen molar-refractivity contribution in [1.82, 2.24) is 4.98 Å². The Kier molecular flexibility index (Phi) is 8.33. The number of unbranched alkanes of at least 4 members (excludes halogenated alkanes) is 1. The number of nitrogens with zero attached hydrogens (tertiary/aromatic N) is 1. The molecule has 7 heteroatoms. The van der Waals surface area contributed by atoms with Crippen LogP contribution in [0.3, 0.4) is 0 Å². The van der Waals surface area contributed by atoms with Gasteiger partial charge in [0.2, 0.25) is 0 Å². The van der Waals surface area contributed by atoms with Gasteiger partial charge in [0.05, 0.1) is 18.8 Å². The Balaban J connectivity index is 1.49. The van der Waals surface area contributed by atoms with Crippen LogP contribution in [-0.2, 0) is 15.7 Å². The number of aromatic nitrogens is 1. The zero-order valence-electron chi connectivity index (χ0n) is 19.3. The van der Waals surface area contributed by atoms with Crippen molar-refractivity contribution in [3.8, 4) is 22.6 Å². The van der Waals surface area contributed by atoms with Crippen molar-refractivity contribution in [2.24, 2.45) is 0 Å². The smallest absolute Gasteiger partial charge is 0.165 e. The van der Waals surface area contributed by atoms with Crippen molar-refractivity contribution in [2.45, 2.75) is 32.4 Å². The summed E-state index contributed by atoms with van der Waals surface area (Å²) in [6.45, 7) is 4.80. The lowest BCUT2D eigenvalue weighted by atomic mass is 10.0. The van der Waals surface area contributed by atoms with Gasteiger partial charge in [-0.2, -0.15) is 0 Å². The first-order valence-electron chi connectivity index (χ1n) is 10.9. The molecule has 1 aromatic heterocycles. The molecule has 0 spiro atoms. The first-order valence-corrected chi connectivity index (χ1v) is 13.3. The van der Waals surface area contributed by atoms with Crippen molar-refractivity contribution in [3.63, 3.8) is 0 Å². The Labute approximate surface area is 195 Å². The lowest BCUT2D eigenvalue weighted by Crippen LogP contribution is -2.13. The average Bonchev–Trinajstić information content (AvgIpc) is 2.79. The molecule has 2 aromatic carbocycles. The van der Waals surface area contributed by atoms with E-state index in [0.717, 1.165) is 39.9 Å². The lowest BCUT2D eigenvalue weighted by molar-refractivity contribution is 0.260. The van der Waals surface area contributed by atoms with E-state index in [4.69, 9.17) is 14.9 Å². The molecule has 1 N–H and O–H groups in total. The highest BCUT2D eigenvalue weighted by Crippen LogP contribution is 2.29. The number of halogens is 1. The van der Waals surface area contributed by atoms with Gasteiger partial charge < -0.3 is 14.9 Å². The van der Waals surface area contributed by atoms with Crippen LogP contribution in [-0.4, -0.2) is 34.2 Å². The second-order valence-corrected chi connectivity index (χ2v) is 11.2. The van der Waals surface area contributed by atoms with E-state index in [1.807, 2.05) is 50.4 Å². The van der Waals surface area contributed by atoms with Crippen molar-refractivity contribution in [3.05, 3.63) is 77.4 Å². The number of aryl methyl sites for hydroxylation is 2. The molecule has 0 atom stereocenters. The predicted octanol–water partition coefficient (Wildman–Crippen LogP) is 5.50. The highest BCUT2D eigenvalue weighted by Gasteiger charge is 2.10. The summed E-state index contributed by atoms with van der Waals surface area (Å²) in [5.41, 5.74) is 5.78. The maximum absolute atomic E-state index is 14.2. The molecule has 33 heavy (non-hydrogen) atoms. The zero-order chi connectivity index (χ0) is 23.8. The van der Waals surface area contributed by atoms with Gasteiger partial charge in [-0.05, 0) is 85.5 Å². The van der Waals surface area contributed by atoms with E-state index in [-0.39, 0.29) is 11.6 Å². The van der Waals surface area contributed by atoms with E-state index in [2.05, 4.69) is 4.98 Å². The number of nitrogens with one attached hydrogen (secondary N) is 1. The van der Waals surface area contributed by atoms with Gasteiger partial charge in [-0.3, -0.25) is 9.19 Å². The van der Waals surface area contributed by atoms with Crippen LogP contribution in [0.25, 0.3) is 11.1 Å². The maximum Gasteiger partial charge on any atom is 0.165 e. The van der Waals surface area contributed by atoms with E-state index < -0.39 is 9.93 Å². The minimum absolute atomic E-state index is 0.241. The number of hydrogen-bond acceptors (Lipinski definition) is 5. The van der Waals surface area contributed by atoms with E-state index in [1.165, 1.54) is 6.07 Å².